The summed E-state index contributed by atoms with van der Waals surface area (Å²) < 4.78 is 11.2. The van der Waals surface area contributed by atoms with Gasteiger partial charge in [0, 0.05) is 5.69 Å². The zero-order valence-corrected chi connectivity index (χ0v) is 17.4. The van der Waals surface area contributed by atoms with Gasteiger partial charge in [-0.3, -0.25) is 10.1 Å². The average molecular weight is 433 g/mol. The number of phenolic OH excluding ortho intramolecular Hbond substituents is 1. The third-order valence-electron chi connectivity index (χ3n) is 4.39. The van der Waals surface area contributed by atoms with Gasteiger partial charge in [0.25, 0.3) is 5.91 Å². The molecule has 0 saturated carbocycles. The van der Waals surface area contributed by atoms with Gasteiger partial charge in [-0.2, -0.15) is 0 Å². The van der Waals surface area contributed by atoms with Crippen LogP contribution in [0.1, 0.15) is 5.56 Å². The Bertz CT molecular complexity index is 1250. The van der Waals surface area contributed by atoms with Crippen molar-refractivity contribution < 1.29 is 19.1 Å². The van der Waals surface area contributed by atoms with Gasteiger partial charge < -0.3 is 19.6 Å². The fourth-order valence-corrected chi connectivity index (χ4v) is 3.15. The summed E-state index contributed by atoms with van der Waals surface area (Å²) in [6, 6.07) is 19.5. The SMILES string of the molecule is Cc1ccc2nc(-c3cc(NC(=S)NC(=O)COc4ccccc4)ccc3O)oc2c1. The molecule has 7 nitrogen and oxygen atoms in total. The molecule has 0 radical (unpaired) electrons. The van der Waals surface area contributed by atoms with E-state index in [1.54, 1.807) is 24.3 Å². The maximum Gasteiger partial charge on any atom is 0.264 e. The lowest BCUT2D eigenvalue weighted by Gasteiger charge is -2.11. The normalized spacial score (nSPS) is 10.6. The van der Waals surface area contributed by atoms with Crippen molar-refractivity contribution >= 4 is 40.0 Å². The van der Waals surface area contributed by atoms with E-state index in [2.05, 4.69) is 15.6 Å². The van der Waals surface area contributed by atoms with Crippen molar-refractivity contribution in [2.45, 2.75) is 6.92 Å². The van der Waals surface area contributed by atoms with Crippen LogP contribution in [-0.4, -0.2) is 27.7 Å². The highest BCUT2D eigenvalue weighted by Crippen LogP contribution is 2.33. The van der Waals surface area contributed by atoms with Crippen molar-refractivity contribution in [1.29, 1.82) is 0 Å². The van der Waals surface area contributed by atoms with Crippen LogP contribution in [-0.2, 0) is 4.79 Å². The van der Waals surface area contributed by atoms with E-state index < -0.39 is 5.91 Å². The Labute approximate surface area is 183 Å². The van der Waals surface area contributed by atoms with E-state index in [4.69, 9.17) is 21.4 Å². The van der Waals surface area contributed by atoms with Crippen molar-refractivity contribution in [3.63, 3.8) is 0 Å². The number of aromatic nitrogens is 1. The molecule has 0 spiro atoms. The number of benzene rings is 3. The Morgan fingerprint density at radius 3 is 2.74 bits per heavy atom. The van der Waals surface area contributed by atoms with Crippen LogP contribution in [0.15, 0.2) is 71.1 Å². The number of anilines is 1. The summed E-state index contributed by atoms with van der Waals surface area (Å²) in [7, 11) is 0. The van der Waals surface area contributed by atoms with Crippen molar-refractivity contribution in [1.82, 2.24) is 10.3 Å². The first-order valence-electron chi connectivity index (χ1n) is 9.47. The number of para-hydroxylation sites is 1. The van der Waals surface area contributed by atoms with Gasteiger partial charge >= 0.3 is 0 Å². The van der Waals surface area contributed by atoms with Crippen LogP contribution in [0.4, 0.5) is 5.69 Å². The largest absolute Gasteiger partial charge is 0.507 e. The van der Waals surface area contributed by atoms with Crippen LogP contribution >= 0.6 is 12.2 Å². The van der Waals surface area contributed by atoms with E-state index >= 15 is 0 Å². The summed E-state index contributed by atoms with van der Waals surface area (Å²) in [5.41, 5.74) is 3.33. The number of thiocarbonyl (C=S) groups is 1. The molecule has 8 heteroatoms. The first-order chi connectivity index (χ1) is 15.0. The maximum absolute atomic E-state index is 12.1. The summed E-state index contributed by atoms with van der Waals surface area (Å²) in [5.74, 6) is 0.496. The van der Waals surface area contributed by atoms with Gasteiger partial charge in [-0.1, -0.05) is 24.3 Å². The predicted octanol–water partition coefficient (Wildman–Crippen LogP) is 4.40. The summed E-state index contributed by atoms with van der Waals surface area (Å²) in [6.07, 6.45) is 0. The molecule has 156 valence electrons. The number of ether oxygens (including phenoxy) is 1. The molecule has 4 aromatic rings. The quantitative estimate of drug-likeness (QED) is 0.317. The second-order valence-electron chi connectivity index (χ2n) is 6.83. The highest BCUT2D eigenvalue weighted by Gasteiger charge is 2.14. The number of nitrogens with one attached hydrogen (secondary N) is 2. The number of rotatable bonds is 5. The van der Waals surface area contributed by atoms with Crippen molar-refractivity contribution in [3.05, 3.63) is 72.3 Å². The number of hydrogen-bond acceptors (Lipinski definition) is 6. The predicted molar refractivity (Wildman–Crippen MR) is 122 cm³/mol. The Hall–Kier alpha value is -3.91. The van der Waals surface area contributed by atoms with Crippen molar-refractivity contribution in [2.75, 3.05) is 11.9 Å². The fraction of sp³-hybridized carbons (Fsp3) is 0.0870. The number of fused-ring (bicyclic) bond motifs is 1. The van der Waals surface area contributed by atoms with Crippen LogP contribution in [0.25, 0.3) is 22.6 Å². The lowest BCUT2D eigenvalue weighted by molar-refractivity contribution is -0.121. The van der Waals surface area contributed by atoms with E-state index in [-0.39, 0.29) is 23.4 Å². The lowest BCUT2D eigenvalue weighted by Crippen LogP contribution is -2.37. The minimum Gasteiger partial charge on any atom is -0.507 e. The molecular formula is C23H19N3O4S. The minimum atomic E-state index is -0.394. The topological polar surface area (TPSA) is 96.6 Å². The second kappa shape index (κ2) is 8.85. The number of aryl methyl sites for hydroxylation is 1. The molecule has 0 unspecified atom stereocenters. The monoisotopic (exact) mass is 433 g/mol. The molecular weight excluding hydrogens is 414 g/mol. The first-order valence-corrected chi connectivity index (χ1v) is 9.88. The molecule has 3 N–H and O–H groups in total. The highest BCUT2D eigenvalue weighted by atomic mass is 32.1. The lowest BCUT2D eigenvalue weighted by atomic mass is 10.1. The molecule has 0 bridgehead atoms. The van der Waals surface area contributed by atoms with Crippen LogP contribution in [0.2, 0.25) is 0 Å². The first kappa shape index (κ1) is 20.4. The summed E-state index contributed by atoms with van der Waals surface area (Å²) >= 11 is 5.20. The number of carbonyl (C=O) groups excluding carboxylic acids is 1. The molecule has 0 saturated heterocycles. The number of amides is 1. The Balaban J connectivity index is 1.42. The summed E-state index contributed by atoms with van der Waals surface area (Å²) in [4.78, 5) is 16.5. The number of phenols is 1. The zero-order valence-electron chi connectivity index (χ0n) is 16.6. The van der Waals surface area contributed by atoms with E-state index in [1.807, 2.05) is 43.3 Å². The molecule has 31 heavy (non-hydrogen) atoms. The summed E-state index contributed by atoms with van der Waals surface area (Å²) in [6.45, 7) is 1.79. The molecule has 0 aliphatic rings. The van der Waals surface area contributed by atoms with Gasteiger partial charge in [0.15, 0.2) is 17.3 Å². The van der Waals surface area contributed by atoms with E-state index in [0.717, 1.165) is 5.56 Å². The fourth-order valence-electron chi connectivity index (χ4n) is 2.92. The van der Waals surface area contributed by atoms with Crippen LogP contribution in [0.5, 0.6) is 11.5 Å². The zero-order chi connectivity index (χ0) is 21.8. The molecule has 0 aliphatic carbocycles. The van der Waals surface area contributed by atoms with Crippen molar-refractivity contribution in [2.24, 2.45) is 0 Å². The number of hydrogen-bond donors (Lipinski definition) is 3. The van der Waals surface area contributed by atoms with Crippen LogP contribution in [0, 0.1) is 6.92 Å². The van der Waals surface area contributed by atoms with Gasteiger partial charge in [0.05, 0.1) is 5.56 Å². The van der Waals surface area contributed by atoms with Crippen LogP contribution < -0.4 is 15.4 Å². The third-order valence-corrected chi connectivity index (χ3v) is 4.60. The van der Waals surface area contributed by atoms with Gasteiger partial charge in [-0.15, -0.1) is 0 Å². The molecule has 4 rings (SSSR count). The Morgan fingerprint density at radius 2 is 1.94 bits per heavy atom. The van der Waals surface area contributed by atoms with Crippen molar-refractivity contribution in [3.8, 4) is 23.0 Å². The number of oxazole rings is 1. The number of carbonyl (C=O) groups is 1. The number of nitrogens with zero attached hydrogens (tertiary/aromatic N) is 1. The molecule has 3 aromatic carbocycles. The smallest absolute Gasteiger partial charge is 0.264 e. The van der Waals surface area contributed by atoms with E-state index in [1.165, 1.54) is 6.07 Å². The maximum atomic E-state index is 12.1. The summed E-state index contributed by atoms with van der Waals surface area (Å²) in [5, 5.41) is 15.9. The van der Waals surface area contributed by atoms with Gasteiger partial charge in [0.1, 0.15) is 17.0 Å². The standard InChI is InChI=1S/C23H19N3O4S/c1-14-7-9-18-20(11-14)30-22(25-18)17-12-15(8-10-19(17)27)24-23(31)26-21(28)13-29-16-5-3-2-4-6-16/h2-12,27H,13H2,1H3,(H2,24,26,28,31). The molecule has 0 aliphatic heterocycles. The third kappa shape index (κ3) is 4.99. The van der Waals surface area contributed by atoms with Gasteiger partial charge in [-0.25, -0.2) is 4.98 Å². The Kier molecular flexibility index (Phi) is 5.81. The van der Waals surface area contributed by atoms with Crippen LogP contribution in [0.3, 0.4) is 0 Å². The van der Waals surface area contributed by atoms with Gasteiger partial charge in [0.2, 0.25) is 5.89 Å². The molecule has 0 atom stereocenters. The van der Waals surface area contributed by atoms with E-state index in [9.17, 15) is 9.90 Å². The number of aromatic hydroxyl groups is 1. The second-order valence-corrected chi connectivity index (χ2v) is 7.23. The molecule has 1 aromatic heterocycles. The molecule has 0 fully saturated rings. The minimum absolute atomic E-state index is 0.0139. The molecule has 1 amide bonds. The highest BCUT2D eigenvalue weighted by molar-refractivity contribution is 7.80. The van der Waals surface area contributed by atoms with Gasteiger partial charge in [-0.05, 0) is 67.2 Å². The molecule has 1 heterocycles. The average Bonchev–Trinajstić information content (AvgIpc) is 3.17. The van der Waals surface area contributed by atoms with E-state index in [0.29, 0.717) is 28.1 Å². The Morgan fingerprint density at radius 1 is 1.13 bits per heavy atom.